The van der Waals surface area contributed by atoms with Crippen LogP contribution in [0.5, 0.6) is 17.2 Å². The van der Waals surface area contributed by atoms with Crippen molar-refractivity contribution in [3.8, 4) is 17.2 Å². The molecule has 0 atom stereocenters. The number of para-hydroxylation sites is 2. The summed E-state index contributed by atoms with van der Waals surface area (Å²) in [6.45, 7) is 0. The molecule has 1 heterocycles. The molecule has 28 heavy (non-hydrogen) atoms. The molecule has 1 aliphatic heterocycles. The van der Waals surface area contributed by atoms with Gasteiger partial charge in [0.1, 0.15) is 22.8 Å². The molecule has 1 saturated heterocycles. The highest BCUT2D eigenvalue weighted by Crippen LogP contribution is 2.32. The number of hydrogen-bond donors (Lipinski definition) is 1. The Balaban J connectivity index is 2.09. The van der Waals surface area contributed by atoms with Crippen LogP contribution in [0.25, 0.3) is 6.08 Å². The number of imide groups is 2. The van der Waals surface area contributed by atoms with E-state index in [0.717, 1.165) is 4.90 Å². The number of carbonyl (C=O) groups is 3. The molecule has 8 nitrogen and oxygen atoms in total. The topological polar surface area (TPSA) is 94.2 Å². The summed E-state index contributed by atoms with van der Waals surface area (Å²) >= 11 is 0. The van der Waals surface area contributed by atoms with Crippen LogP contribution in [0, 0.1) is 0 Å². The van der Waals surface area contributed by atoms with E-state index in [2.05, 4.69) is 5.32 Å². The normalized spacial score (nSPS) is 15.5. The van der Waals surface area contributed by atoms with Gasteiger partial charge in [-0.2, -0.15) is 0 Å². The summed E-state index contributed by atoms with van der Waals surface area (Å²) in [5.41, 5.74) is 0.454. The second-order valence-electron chi connectivity index (χ2n) is 5.74. The van der Waals surface area contributed by atoms with Gasteiger partial charge < -0.3 is 14.2 Å². The zero-order chi connectivity index (χ0) is 20.3. The van der Waals surface area contributed by atoms with Crippen LogP contribution >= 0.6 is 0 Å². The van der Waals surface area contributed by atoms with Gasteiger partial charge >= 0.3 is 6.03 Å². The number of nitrogens with one attached hydrogen (secondary N) is 1. The number of methoxy groups -OCH3 is 3. The predicted molar refractivity (Wildman–Crippen MR) is 102 cm³/mol. The molecule has 0 radical (unpaired) electrons. The molecule has 1 N–H and O–H groups in total. The first-order valence-electron chi connectivity index (χ1n) is 8.26. The summed E-state index contributed by atoms with van der Waals surface area (Å²) < 4.78 is 15.7. The largest absolute Gasteiger partial charge is 0.497 e. The smallest absolute Gasteiger partial charge is 0.336 e. The van der Waals surface area contributed by atoms with Gasteiger partial charge in [0, 0.05) is 5.56 Å². The van der Waals surface area contributed by atoms with Gasteiger partial charge in [0.2, 0.25) is 0 Å². The molecular weight excluding hydrogens is 364 g/mol. The minimum absolute atomic E-state index is 0.225. The minimum atomic E-state index is -0.853. The lowest BCUT2D eigenvalue weighted by Crippen LogP contribution is -2.54. The fraction of sp³-hybridized carbons (Fsp3) is 0.150. The Morgan fingerprint density at radius 2 is 1.61 bits per heavy atom. The number of nitrogens with zero attached hydrogens (tertiary/aromatic N) is 1. The maximum atomic E-state index is 13.0. The van der Waals surface area contributed by atoms with Crippen LogP contribution in [0.4, 0.5) is 10.5 Å². The number of carbonyl (C=O) groups excluding carboxylic acids is 3. The Kier molecular flexibility index (Phi) is 5.30. The van der Waals surface area contributed by atoms with Crippen molar-refractivity contribution in [3.05, 3.63) is 53.6 Å². The molecule has 2 aromatic carbocycles. The summed E-state index contributed by atoms with van der Waals surface area (Å²) in [6, 6.07) is 10.6. The first-order chi connectivity index (χ1) is 13.5. The van der Waals surface area contributed by atoms with Crippen LogP contribution in [0.3, 0.4) is 0 Å². The second kappa shape index (κ2) is 7.83. The SMILES string of the molecule is COc1ccc(OC)c(/C=C2\C(=O)NC(=O)N(c3ccccc3OC)C2=O)c1. The van der Waals surface area contributed by atoms with Gasteiger partial charge in [-0.15, -0.1) is 0 Å². The van der Waals surface area contributed by atoms with E-state index in [9.17, 15) is 14.4 Å². The molecule has 3 rings (SSSR count). The van der Waals surface area contributed by atoms with Gasteiger partial charge in [-0.05, 0) is 36.4 Å². The van der Waals surface area contributed by atoms with Crippen LogP contribution in [-0.4, -0.2) is 39.2 Å². The minimum Gasteiger partial charge on any atom is -0.497 e. The van der Waals surface area contributed by atoms with Crippen LogP contribution in [0.2, 0.25) is 0 Å². The van der Waals surface area contributed by atoms with Crippen LogP contribution < -0.4 is 24.4 Å². The third-order valence-corrected chi connectivity index (χ3v) is 4.16. The number of barbiturate groups is 1. The summed E-state index contributed by atoms with van der Waals surface area (Å²) in [7, 11) is 4.39. The van der Waals surface area contributed by atoms with Gasteiger partial charge in [-0.1, -0.05) is 12.1 Å². The van der Waals surface area contributed by atoms with Crippen molar-refractivity contribution in [2.24, 2.45) is 0 Å². The lowest BCUT2D eigenvalue weighted by Gasteiger charge is -2.27. The van der Waals surface area contributed by atoms with Crippen LogP contribution in [0.15, 0.2) is 48.0 Å². The van der Waals surface area contributed by atoms with E-state index in [0.29, 0.717) is 22.8 Å². The molecule has 2 aromatic rings. The number of urea groups is 1. The lowest BCUT2D eigenvalue weighted by atomic mass is 10.1. The Morgan fingerprint density at radius 1 is 0.893 bits per heavy atom. The molecule has 4 amide bonds. The molecule has 0 bridgehead atoms. The molecule has 1 fully saturated rings. The van der Waals surface area contributed by atoms with Crippen LogP contribution in [-0.2, 0) is 9.59 Å². The van der Waals surface area contributed by atoms with Gasteiger partial charge in [0.25, 0.3) is 11.8 Å². The highest BCUT2D eigenvalue weighted by molar-refractivity contribution is 6.39. The second-order valence-corrected chi connectivity index (χ2v) is 5.74. The highest BCUT2D eigenvalue weighted by atomic mass is 16.5. The van der Waals surface area contributed by atoms with E-state index in [1.165, 1.54) is 27.4 Å². The number of anilines is 1. The molecule has 144 valence electrons. The number of amides is 4. The zero-order valence-corrected chi connectivity index (χ0v) is 15.5. The Hall–Kier alpha value is -3.81. The third kappa shape index (κ3) is 3.39. The fourth-order valence-electron chi connectivity index (χ4n) is 2.80. The van der Waals surface area contributed by atoms with Gasteiger partial charge in [0.05, 0.1) is 27.0 Å². The predicted octanol–water partition coefficient (Wildman–Crippen LogP) is 2.38. The number of ether oxygens (including phenoxy) is 3. The third-order valence-electron chi connectivity index (χ3n) is 4.16. The number of rotatable bonds is 5. The Bertz CT molecular complexity index is 982. The first kappa shape index (κ1) is 19.0. The molecule has 0 spiro atoms. The molecule has 0 saturated carbocycles. The molecule has 8 heteroatoms. The maximum Gasteiger partial charge on any atom is 0.336 e. The number of hydrogen-bond acceptors (Lipinski definition) is 6. The molecule has 0 aliphatic carbocycles. The Labute approximate surface area is 161 Å². The van der Waals surface area contributed by atoms with Crippen molar-refractivity contribution in [1.82, 2.24) is 5.32 Å². The quantitative estimate of drug-likeness (QED) is 0.630. The Morgan fingerprint density at radius 3 is 2.29 bits per heavy atom. The lowest BCUT2D eigenvalue weighted by molar-refractivity contribution is -0.122. The average Bonchev–Trinajstić information content (AvgIpc) is 2.71. The van der Waals surface area contributed by atoms with E-state index in [-0.39, 0.29) is 11.3 Å². The highest BCUT2D eigenvalue weighted by Gasteiger charge is 2.38. The van der Waals surface area contributed by atoms with E-state index in [4.69, 9.17) is 14.2 Å². The van der Waals surface area contributed by atoms with Crippen molar-refractivity contribution < 1.29 is 28.6 Å². The summed E-state index contributed by atoms with van der Waals surface area (Å²) in [6.07, 6.45) is 1.36. The number of benzene rings is 2. The summed E-state index contributed by atoms with van der Waals surface area (Å²) in [5, 5.41) is 2.18. The first-order valence-corrected chi connectivity index (χ1v) is 8.26. The van der Waals surface area contributed by atoms with E-state index in [1.54, 1.807) is 42.5 Å². The molecule has 1 aliphatic rings. The fourth-order valence-corrected chi connectivity index (χ4v) is 2.80. The van der Waals surface area contributed by atoms with Crippen LogP contribution in [0.1, 0.15) is 5.56 Å². The van der Waals surface area contributed by atoms with Gasteiger partial charge in [0.15, 0.2) is 0 Å². The summed E-state index contributed by atoms with van der Waals surface area (Å²) in [4.78, 5) is 38.6. The van der Waals surface area contributed by atoms with E-state index < -0.39 is 17.8 Å². The van der Waals surface area contributed by atoms with Crippen molar-refractivity contribution in [2.45, 2.75) is 0 Å². The van der Waals surface area contributed by atoms with Gasteiger partial charge in [-0.3, -0.25) is 14.9 Å². The van der Waals surface area contributed by atoms with Crippen molar-refractivity contribution in [1.29, 1.82) is 0 Å². The van der Waals surface area contributed by atoms with E-state index >= 15 is 0 Å². The molecule has 0 aromatic heterocycles. The van der Waals surface area contributed by atoms with Gasteiger partial charge in [-0.25, -0.2) is 9.69 Å². The standard InChI is InChI=1S/C20H18N2O6/c1-26-13-8-9-16(27-2)12(10-13)11-14-18(23)21-20(25)22(19(14)24)15-6-4-5-7-17(15)28-3/h4-11H,1-3H3,(H,21,23,25)/b14-11+. The van der Waals surface area contributed by atoms with Crippen molar-refractivity contribution in [3.63, 3.8) is 0 Å². The van der Waals surface area contributed by atoms with Crippen molar-refractivity contribution >= 4 is 29.6 Å². The monoisotopic (exact) mass is 382 g/mol. The maximum absolute atomic E-state index is 13.0. The molecular formula is C20H18N2O6. The average molecular weight is 382 g/mol. The summed E-state index contributed by atoms with van der Waals surface area (Å²) in [5.74, 6) is -0.295. The zero-order valence-electron chi connectivity index (χ0n) is 15.5. The van der Waals surface area contributed by atoms with E-state index in [1.807, 2.05) is 0 Å². The molecule has 0 unspecified atom stereocenters. The van der Waals surface area contributed by atoms with Crippen molar-refractivity contribution in [2.75, 3.05) is 26.2 Å².